The van der Waals surface area contributed by atoms with Crippen LogP contribution in [-0.4, -0.2) is 11.7 Å². The number of benzene rings is 2. The van der Waals surface area contributed by atoms with Gasteiger partial charge in [-0.3, -0.25) is 4.79 Å². The molecular weight excluding hydrogens is 250 g/mol. The average molecular weight is 256 g/mol. The van der Waals surface area contributed by atoms with E-state index in [-0.39, 0.29) is 5.78 Å². The van der Waals surface area contributed by atoms with E-state index in [1.54, 1.807) is 36.3 Å². The number of hydrogen-bond donors (Lipinski definition) is 0. The molecule has 3 nitrogen and oxygen atoms in total. The highest BCUT2D eigenvalue weighted by molar-refractivity contribution is 6.31. The molecule has 2 aromatic carbocycles. The second-order valence-corrected chi connectivity index (χ2v) is 4.37. The molecule has 0 saturated heterocycles. The summed E-state index contributed by atoms with van der Waals surface area (Å²) in [5.41, 5.74) is 1.48. The summed E-state index contributed by atoms with van der Waals surface area (Å²) in [6.45, 7) is 0. The molecule has 3 rings (SSSR count). The van der Waals surface area contributed by atoms with Crippen molar-refractivity contribution < 1.29 is 9.59 Å². The zero-order valence-corrected chi connectivity index (χ0v) is 9.86. The Kier molecular flexibility index (Phi) is 2.37. The number of fused-ring (bicyclic) bond motifs is 2. The predicted molar refractivity (Wildman–Crippen MR) is 66.6 cm³/mol. The maximum Gasteiger partial charge on any atom is 0.197 e. The summed E-state index contributed by atoms with van der Waals surface area (Å²) in [4.78, 5) is 27.2. The van der Waals surface area contributed by atoms with Crippen molar-refractivity contribution in [1.29, 1.82) is 0 Å². The van der Waals surface area contributed by atoms with Crippen molar-refractivity contribution in [2.45, 2.75) is 0 Å². The summed E-state index contributed by atoms with van der Waals surface area (Å²) in [7, 11) is 0. The average Bonchev–Trinajstić information content (AvgIpc) is 2.38. The van der Waals surface area contributed by atoms with Crippen molar-refractivity contribution >= 4 is 29.0 Å². The number of halogens is 1. The molecule has 1 aliphatic heterocycles. The van der Waals surface area contributed by atoms with Crippen molar-refractivity contribution in [3.8, 4) is 0 Å². The third kappa shape index (κ3) is 1.58. The molecule has 0 atom stereocenters. The van der Waals surface area contributed by atoms with E-state index >= 15 is 0 Å². The smallest absolute Gasteiger partial charge is 0.197 e. The summed E-state index contributed by atoms with van der Waals surface area (Å²) in [5.74, 6) is 1.62. The third-order valence-electron chi connectivity index (χ3n) is 2.80. The predicted octanol–water partition coefficient (Wildman–Crippen LogP) is 1.34. The molecule has 0 radical (unpaired) electrons. The summed E-state index contributed by atoms with van der Waals surface area (Å²) >= 11 is 5.88. The summed E-state index contributed by atoms with van der Waals surface area (Å²) in [5, 5.41) is 1.43. The number of rotatable bonds is 0. The molecule has 86 valence electrons. The van der Waals surface area contributed by atoms with Crippen LogP contribution in [0.3, 0.4) is 0 Å². The largest absolute Gasteiger partial charge is 0.288 e. The van der Waals surface area contributed by atoms with Crippen molar-refractivity contribution in [3.63, 3.8) is 0 Å². The van der Waals surface area contributed by atoms with Gasteiger partial charge in [-0.25, -0.2) is 9.79 Å². The first-order valence-corrected chi connectivity index (χ1v) is 5.65. The normalized spacial score (nSPS) is 12.2. The van der Waals surface area contributed by atoms with Gasteiger partial charge in [0.25, 0.3) is 0 Å². The Morgan fingerprint density at radius 1 is 1.06 bits per heavy atom. The Bertz CT molecular complexity index is 820. The van der Waals surface area contributed by atoms with E-state index in [2.05, 4.69) is 4.99 Å². The lowest BCUT2D eigenvalue weighted by Crippen LogP contribution is -2.23. The van der Waals surface area contributed by atoms with E-state index in [0.29, 0.717) is 32.4 Å². The van der Waals surface area contributed by atoms with E-state index in [4.69, 9.17) is 11.6 Å². The lowest BCUT2D eigenvalue weighted by atomic mass is 9.98. The molecule has 0 unspecified atom stereocenters. The number of carbonyl (C=O) groups is 1. The first kappa shape index (κ1) is 10.9. The second-order valence-electron chi connectivity index (χ2n) is 3.94. The number of carbonyl (C=O) groups excluding carboxylic acids is 2. The van der Waals surface area contributed by atoms with Gasteiger partial charge in [-0.1, -0.05) is 11.6 Å². The highest BCUT2D eigenvalue weighted by Crippen LogP contribution is 2.27. The van der Waals surface area contributed by atoms with Gasteiger partial charge in [0.05, 0.1) is 16.3 Å². The van der Waals surface area contributed by atoms with Crippen LogP contribution in [0.1, 0.15) is 15.9 Å². The van der Waals surface area contributed by atoms with Crippen molar-refractivity contribution in [3.05, 3.63) is 63.1 Å². The highest BCUT2D eigenvalue weighted by Gasteiger charge is 2.19. The fourth-order valence-electron chi connectivity index (χ4n) is 1.94. The van der Waals surface area contributed by atoms with E-state index in [1.165, 1.54) is 6.07 Å². The quantitative estimate of drug-likeness (QED) is 0.609. The van der Waals surface area contributed by atoms with Gasteiger partial charge in [-0.15, -0.1) is 0 Å². The minimum Gasteiger partial charge on any atom is -0.288 e. The minimum atomic E-state index is -0.149. The summed E-state index contributed by atoms with van der Waals surface area (Å²) < 4.78 is 0. The standard InChI is InChI=1S/C14H6ClNO2/c15-9-2-3-10-13(6-9)16-12-4-1-8(7-17)5-11(12)14(10)18/h1-6H. The monoisotopic (exact) mass is 255 g/mol. The SMILES string of the molecule is O=C=c1ccc2c(c1)C(=O)c1ccc(Cl)cc1N=2. The molecule has 0 N–H and O–H groups in total. The molecule has 0 aliphatic carbocycles. The number of nitrogens with zero attached hydrogens (tertiary/aromatic N) is 1. The first-order valence-electron chi connectivity index (χ1n) is 5.27. The van der Waals surface area contributed by atoms with Gasteiger partial charge in [0, 0.05) is 16.1 Å². The van der Waals surface area contributed by atoms with Crippen LogP contribution in [0, 0.1) is 0 Å². The van der Waals surface area contributed by atoms with Gasteiger partial charge in [0.1, 0.15) is 5.94 Å². The van der Waals surface area contributed by atoms with E-state index in [9.17, 15) is 9.59 Å². The van der Waals surface area contributed by atoms with Gasteiger partial charge in [0.15, 0.2) is 5.78 Å². The van der Waals surface area contributed by atoms with E-state index in [1.807, 2.05) is 0 Å². The Morgan fingerprint density at radius 2 is 1.89 bits per heavy atom. The molecule has 0 saturated carbocycles. The Hall–Kier alpha value is -2.22. The molecule has 0 bridgehead atoms. The molecule has 0 aromatic heterocycles. The minimum absolute atomic E-state index is 0.149. The van der Waals surface area contributed by atoms with Crippen LogP contribution in [0.25, 0.3) is 0 Å². The van der Waals surface area contributed by atoms with Crippen LogP contribution < -0.4 is 10.6 Å². The van der Waals surface area contributed by atoms with Crippen LogP contribution in [0.15, 0.2) is 41.4 Å². The fraction of sp³-hybridized carbons (Fsp3) is 0. The van der Waals surface area contributed by atoms with Gasteiger partial charge >= 0.3 is 0 Å². The Balaban J connectivity index is 2.40. The van der Waals surface area contributed by atoms with Crippen molar-refractivity contribution in [2.24, 2.45) is 4.99 Å². The molecule has 1 aliphatic rings. The van der Waals surface area contributed by atoms with E-state index in [0.717, 1.165) is 0 Å². The molecule has 0 fully saturated rings. The molecule has 0 amide bonds. The first-order chi connectivity index (χ1) is 8.69. The van der Waals surface area contributed by atoms with Crippen molar-refractivity contribution in [1.82, 2.24) is 0 Å². The topological polar surface area (TPSA) is 46.5 Å². The second kappa shape index (κ2) is 3.91. The summed E-state index contributed by atoms with van der Waals surface area (Å²) in [6, 6.07) is 9.66. The lowest BCUT2D eigenvalue weighted by molar-refractivity contribution is 0.103. The number of hydrogen-bond acceptors (Lipinski definition) is 3. The maximum atomic E-state index is 12.3. The molecule has 18 heavy (non-hydrogen) atoms. The molecule has 2 aromatic rings. The van der Waals surface area contributed by atoms with Crippen molar-refractivity contribution in [2.75, 3.05) is 0 Å². The molecular formula is C14H6ClNO2. The maximum absolute atomic E-state index is 12.3. The summed E-state index contributed by atoms with van der Waals surface area (Å²) in [6.07, 6.45) is 0. The zero-order chi connectivity index (χ0) is 12.7. The van der Waals surface area contributed by atoms with E-state index < -0.39 is 0 Å². The third-order valence-corrected chi connectivity index (χ3v) is 3.04. The van der Waals surface area contributed by atoms with Crippen LogP contribution in [0.4, 0.5) is 5.69 Å². The Morgan fingerprint density at radius 3 is 2.67 bits per heavy atom. The molecule has 1 heterocycles. The Labute approximate surface area is 107 Å². The van der Waals surface area contributed by atoms with Crippen LogP contribution in [-0.2, 0) is 4.79 Å². The number of ketones is 1. The van der Waals surface area contributed by atoms with Gasteiger partial charge in [-0.2, -0.15) is 0 Å². The van der Waals surface area contributed by atoms with Crippen LogP contribution in [0.2, 0.25) is 5.02 Å². The van der Waals surface area contributed by atoms with Gasteiger partial charge in [0.2, 0.25) is 0 Å². The zero-order valence-electron chi connectivity index (χ0n) is 9.11. The van der Waals surface area contributed by atoms with Gasteiger partial charge in [-0.05, 0) is 36.4 Å². The van der Waals surface area contributed by atoms with Gasteiger partial charge < -0.3 is 0 Å². The highest BCUT2D eigenvalue weighted by atomic mass is 35.5. The molecule has 4 heteroatoms. The lowest BCUT2D eigenvalue weighted by Gasteiger charge is -2.11. The fourth-order valence-corrected chi connectivity index (χ4v) is 2.11. The van der Waals surface area contributed by atoms with Crippen LogP contribution >= 0.6 is 11.6 Å². The molecule has 0 spiro atoms. The van der Waals surface area contributed by atoms with Crippen LogP contribution in [0.5, 0.6) is 0 Å².